The summed E-state index contributed by atoms with van der Waals surface area (Å²) in [7, 11) is 0. The maximum atomic E-state index is 8.61. The van der Waals surface area contributed by atoms with Crippen molar-refractivity contribution in [3.8, 4) is 6.07 Å². The zero-order valence-electron chi connectivity index (χ0n) is 5.74. The van der Waals surface area contributed by atoms with Gasteiger partial charge in [0, 0.05) is 0 Å². The molecule has 0 unspecified atom stereocenters. The molecule has 0 aliphatic rings. The van der Waals surface area contributed by atoms with E-state index in [9.17, 15) is 0 Å². The third-order valence-electron chi connectivity index (χ3n) is 1.59. The summed E-state index contributed by atoms with van der Waals surface area (Å²) in [6.45, 7) is 0. The summed E-state index contributed by atoms with van der Waals surface area (Å²) in [5, 5.41) is 9.92. The van der Waals surface area contributed by atoms with E-state index in [1.165, 1.54) is 8.79 Å². The van der Waals surface area contributed by atoms with Crippen molar-refractivity contribution < 1.29 is 0 Å². The average molecular weight is 255 g/mol. The van der Waals surface area contributed by atoms with Crippen LogP contribution in [0.5, 0.6) is 0 Å². The molecule has 1 nitrogen and oxygen atoms in total. The second kappa shape index (κ2) is 2.70. The first-order valence-electron chi connectivity index (χ1n) is 3.27. The molecule has 11 heavy (non-hydrogen) atoms. The minimum atomic E-state index is -0.0973. The summed E-state index contributed by atoms with van der Waals surface area (Å²) in [5.41, 5.74) is 0.789. The summed E-state index contributed by atoms with van der Waals surface area (Å²) < 4.78 is 3.64. The van der Waals surface area contributed by atoms with Gasteiger partial charge in [0.25, 0.3) is 0 Å². The summed E-state index contributed by atoms with van der Waals surface area (Å²) in [6.07, 6.45) is 0. The van der Waals surface area contributed by atoms with Gasteiger partial charge in [0.2, 0.25) is 0 Å². The first-order valence-corrected chi connectivity index (χ1v) is 5.78. The average Bonchev–Trinajstić information content (AvgIpc) is 2.50. The van der Waals surface area contributed by atoms with Crippen molar-refractivity contribution in [3.05, 3.63) is 33.9 Å². The molecule has 0 fully saturated rings. The van der Waals surface area contributed by atoms with Crippen LogP contribution in [0.25, 0.3) is 8.79 Å². The second-order valence-corrected chi connectivity index (χ2v) is 4.99. The Morgan fingerprint density at radius 1 is 1.27 bits per heavy atom. The van der Waals surface area contributed by atoms with E-state index in [1.54, 1.807) is 0 Å². The Balaban J connectivity index is 2.79. The predicted molar refractivity (Wildman–Crippen MR) is 45.6 cm³/mol. The third kappa shape index (κ3) is 1.18. The quantitative estimate of drug-likeness (QED) is 0.658. The van der Waals surface area contributed by atoms with E-state index in [1.807, 2.05) is 18.2 Å². The number of hydrogen-bond donors (Lipinski definition) is 0. The van der Waals surface area contributed by atoms with Crippen LogP contribution in [-0.4, -0.2) is 20.4 Å². The molecule has 0 atom stereocenters. The molecule has 52 valence electrons. The molecule has 1 aromatic carbocycles. The molecule has 0 aliphatic heterocycles. The van der Waals surface area contributed by atoms with E-state index in [0.29, 0.717) is 0 Å². The van der Waals surface area contributed by atoms with Gasteiger partial charge in [0.15, 0.2) is 0 Å². The van der Waals surface area contributed by atoms with Crippen LogP contribution in [0.15, 0.2) is 28.3 Å². The van der Waals surface area contributed by atoms with Gasteiger partial charge in [0.1, 0.15) is 0 Å². The number of rotatable bonds is 0. The standard InChI is InChI=1S/C9H5NTe/c10-6-7-1-2-8-3-4-11-9(8)5-7/h1-5H. The molecule has 1 aromatic heterocycles. The van der Waals surface area contributed by atoms with Gasteiger partial charge in [0.05, 0.1) is 0 Å². The van der Waals surface area contributed by atoms with Crippen molar-refractivity contribution in [2.45, 2.75) is 0 Å². The topological polar surface area (TPSA) is 23.8 Å². The second-order valence-electron chi connectivity index (χ2n) is 2.29. The molecular formula is C9H5NTe. The van der Waals surface area contributed by atoms with Crippen molar-refractivity contribution in [2.75, 3.05) is 0 Å². The molecule has 2 heteroatoms. The van der Waals surface area contributed by atoms with Crippen LogP contribution in [0.3, 0.4) is 0 Å². The predicted octanol–water partition coefficient (Wildman–Crippen LogP) is 1.77. The minimum absolute atomic E-state index is 0.0973. The number of nitriles is 1. The summed E-state index contributed by atoms with van der Waals surface area (Å²) in [6, 6.07) is 10.2. The normalized spacial score (nSPS) is 9.73. The molecular weight excluding hydrogens is 250 g/mol. The van der Waals surface area contributed by atoms with Crippen LogP contribution in [0, 0.1) is 11.3 Å². The van der Waals surface area contributed by atoms with Gasteiger partial charge in [-0.15, -0.1) is 0 Å². The van der Waals surface area contributed by atoms with Crippen LogP contribution < -0.4 is 0 Å². The van der Waals surface area contributed by atoms with E-state index in [4.69, 9.17) is 5.26 Å². The molecule has 0 bridgehead atoms. The van der Waals surface area contributed by atoms with E-state index < -0.39 is 0 Å². The van der Waals surface area contributed by atoms with Gasteiger partial charge in [-0.3, -0.25) is 0 Å². The van der Waals surface area contributed by atoms with Gasteiger partial charge >= 0.3 is 74.5 Å². The van der Waals surface area contributed by atoms with Crippen LogP contribution in [0.2, 0.25) is 0 Å². The van der Waals surface area contributed by atoms with Crippen molar-refractivity contribution in [1.29, 1.82) is 5.26 Å². The molecule has 2 aromatic rings. The summed E-state index contributed by atoms with van der Waals surface area (Å²) in [4.78, 5) is 0. The zero-order valence-corrected chi connectivity index (χ0v) is 8.07. The van der Waals surface area contributed by atoms with E-state index in [-0.39, 0.29) is 20.4 Å². The first kappa shape index (κ1) is 6.92. The zero-order chi connectivity index (χ0) is 7.68. The fourth-order valence-electron chi connectivity index (χ4n) is 1.02. The molecule has 0 N–H and O–H groups in total. The summed E-state index contributed by atoms with van der Waals surface area (Å²) >= 11 is -0.0973. The number of fused-ring (bicyclic) bond motifs is 1. The number of nitrogens with zero attached hydrogens (tertiary/aromatic N) is 1. The van der Waals surface area contributed by atoms with E-state index in [2.05, 4.69) is 16.2 Å². The SMILES string of the molecule is N#Cc1ccc2cc[te]c2c1. The van der Waals surface area contributed by atoms with Crippen molar-refractivity contribution in [1.82, 2.24) is 0 Å². The Hall–Kier alpha value is -0.760. The van der Waals surface area contributed by atoms with E-state index >= 15 is 0 Å². The fraction of sp³-hybridized carbons (Fsp3) is 0. The molecule has 1 heterocycles. The van der Waals surface area contributed by atoms with Gasteiger partial charge < -0.3 is 0 Å². The van der Waals surface area contributed by atoms with Crippen molar-refractivity contribution >= 4 is 29.2 Å². The fourth-order valence-corrected chi connectivity index (χ4v) is 3.39. The van der Waals surface area contributed by atoms with Gasteiger partial charge in [-0.05, 0) is 0 Å². The van der Waals surface area contributed by atoms with Crippen LogP contribution in [0.4, 0.5) is 0 Å². The Bertz CT molecular complexity index is 422. The maximum absolute atomic E-state index is 8.61. The number of hydrogen-bond acceptors (Lipinski definition) is 1. The Morgan fingerprint density at radius 3 is 3.00 bits per heavy atom. The van der Waals surface area contributed by atoms with Gasteiger partial charge in [-0.25, -0.2) is 0 Å². The summed E-state index contributed by atoms with van der Waals surface area (Å²) in [5.74, 6) is 0. The van der Waals surface area contributed by atoms with Gasteiger partial charge in [-0.2, -0.15) is 0 Å². The van der Waals surface area contributed by atoms with Crippen LogP contribution in [0.1, 0.15) is 5.56 Å². The molecule has 0 saturated carbocycles. The van der Waals surface area contributed by atoms with Crippen molar-refractivity contribution in [2.24, 2.45) is 0 Å². The molecule has 0 saturated heterocycles. The number of benzene rings is 1. The van der Waals surface area contributed by atoms with Crippen molar-refractivity contribution in [3.63, 3.8) is 0 Å². The molecule has 0 spiro atoms. The molecule has 0 radical (unpaired) electrons. The van der Waals surface area contributed by atoms with Gasteiger partial charge in [-0.1, -0.05) is 0 Å². The Kier molecular flexibility index (Phi) is 1.70. The van der Waals surface area contributed by atoms with E-state index in [0.717, 1.165) is 5.56 Å². The van der Waals surface area contributed by atoms with Crippen LogP contribution >= 0.6 is 0 Å². The third-order valence-corrected chi connectivity index (χ3v) is 4.10. The Morgan fingerprint density at radius 2 is 2.18 bits per heavy atom. The monoisotopic (exact) mass is 257 g/mol. The first-order chi connectivity index (χ1) is 5.40. The molecule has 2 rings (SSSR count). The van der Waals surface area contributed by atoms with Crippen LogP contribution in [-0.2, 0) is 0 Å². The Labute approximate surface area is 74.5 Å². The molecule has 0 amide bonds. The molecule has 0 aliphatic carbocycles.